The Labute approximate surface area is 354 Å². The third kappa shape index (κ3) is 5.41. The van der Waals surface area contributed by atoms with Crippen LogP contribution in [0.3, 0.4) is 0 Å². The lowest BCUT2D eigenvalue weighted by atomic mass is 9.78. The van der Waals surface area contributed by atoms with Crippen molar-refractivity contribution in [3.63, 3.8) is 0 Å². The molecular formula is C57H38N2. The van der Waals surface area contributed by atoms with Crippen LogP contribution in [0, 0.1) is 6.92 Å². The SMILES string of the molecule is [2H]c1c([2H])c([2H])c2c(c1[2H])c1c([2H])c([2H])c([2H])c([2H])c1n2-c1ccc2cc3c(cc2c1)-c1cc2cc(N(c4cccc(-c5ccccc5)c4)c4cc(-c5ccccc5)ccc4C)ccc2cc1-3. The Morgan fingerprint density at radius 3 is 1.58 bits per heavy atom. The molecule has 0 amide bonds. The molecule has 59 heavy (non-hydrogen) atoms. The Hall–Kier alpha value is -7.68. The number of fused-ring (bicyclic) bond motifs is 9. The zero-order chi connectivity index (χ0) is 46.0. The molecular weight excluding hydrogens is 713 g/mol. The summed E-state index contributed by atoms with van der Waals surface area (Å²) >= 11 is 0. The van der Waals surface area contributed by atoms with Crippen molar-refractivity contribution in [3.8, 4) is 50.2 Å². The van der Waals surface area contributed by atoms with Crippen LogP contribution in [-0.4, -0.2) is 4.57 Å². The number of aryl methyl sites for hydroxylation is 1. The molecule has 0 saturated heterocycles. The molecule has 276 valence electrons. The summed E-state index contributed by atoms with van der Waals surface area (Å²) in [4.78, 5) is 2.35. The van der Waals surface area contributed by atoms with E-state index in [4.69, 9.17) is 11.0 Å². The second-order valence-corrected chi connectivity index (χ2v) is 15.3. The summed E-state index contributed by atoms with van der Waals surface area (Å²) in [5.41, 5.74) is 14.1. The van der Waals surface area contributed by atoms with Gasteiger partial charge in [-0.3, -0.25) is 0 Å². The van der Waals surface area contributed by atoms with E-state index in [1.54, 1.807) is 4.57 Å². The number of para-hydroxylation sites is 2. The van der Waals surface area contributed by atoms with Gasteiger partial charge in [-0.15, -0.1) is 0 Å². The molecule has 0 N–H and O–H groups in total. The predicted molar refractivity (Wildman–Crippen MR) is 251 cm³/mol. The number of hydrogen-bond donors (Lipinski definition) is 0. The van der Waals surface area contributed by atoms with Crippen molar-refractivity contribution in [1.29, 1.82) is 0 Å². The molecule has 0 spiro atoms. The van der Waals surface area contributed by atoms with E-state index in [-0.39, 0.29) is 46.0 Å². The topological polar surface area (TPSA) is 8.17 Å². The maximum Gasteiger partial charge on any atom is 0.0645 e. The van der Waals surface area contributed by atoms with E-state index < -0.39 is 24.2 Å². The Morgan fingerprint density at radius 2 is 0.932 bits per heavy atom. The molecule has 0 bridgehead atoms. The van der Waals surface area contributed by atoms with Crippen molar-refractivity contribution < 1.29 is 11.0 Å². The van der Waals surface area contributed by atoms with Crippen LogP contribution in [0.2, 0.25) is 0 Å². The summed E-state index contributed by atoms with van der Waals surface area (Å²) < 4.78 is 71.2. The third-order valence-electron chi connectivity index (χ3n) is 11.8. The first-order valence-corrected chi connectivity index (χ1v) is 19.8. The zero-order valence-electron chi connectivity index (χ0n) is 40.0. The van der Waals surface area contributed by atoms with Crippen LogP contribution in [0.25, 0.3) is 93.5 Å². The lowest BCUT2D eigenvalue weighted by molar-refractivity contribution is 1.19. The number of nitrogens with zero attached hydrogens (tertiary/aromatic N) is 2. The monoisotopic (exact) mass is 758 g/mol. The summed E-state index contributed by atoms with van der Waals surface area (Å²) in [5.74, 6) is 0. The first kappa shape index (κ1) is 26.3. The van der Waals surface area contributed by atoms with Gasteiger partial charge in [-0.05, 0) is 157 Å². The number of hydrogen-bond acceptors (Lipinski definition) is 1. The lowest BCUT2D eigenvalue weighted by Crippen LogP contribution is -2.12. The molecule has 2 nitrogen and oxygen atoms in total. The van der Waals surface area contributed by atoms with Crippen LogP contribution in [0.5, 0.6) is 0 Å². The van der Waals surface area contributed by atoms with Crippen molar-refractivity contribution in [1.82, 2.24) is 4.57 Å². The van der Waals surface area contributed by atoms with Crippen molar-refractivity contribution in [2.45, 2.75) is 6.92 Å². The maximum atomic E-state index is 8.99. The summed E-state index contributed by atoms with van der Waals surface area (Å²) in [6.45, 7) is 2.16. The standard InChI is InChI=1S/C57H38N2/c1-37-23-24-43(39-15-6-3-7-16-39)36-57(37)58(46-18-12-17-40(29-46)38-13-4-2-5-14-38)47-27-25-41-32-51-52-33-42-26-28-48(31-45(42)35-54(52)53(51)34-44(41)30-47)59-55-21-10-8-19-49(55)50-20-9-11-22-56(50)59/h2-36H,1H3/i8D,9D,10D,11D,19D,20D,21D,22D. The van der Waals surface area contributed by atoms with E-state index in [0.717, 1.165) is 88.7 Å². The second-order valence-electron chi connectivity index (χ2n) is 15.3. The smallest absolute Gasteiger partial charge is 0.0645 e. The molecule has 0 fully saturated rings. The van der Waals surface area contributed by atoms with Crippen molar-refractivity contribution in [3.05, 3.63) is 218 Å². The van der Waals surface area contributed by atoms with Gasteiger partial charge in [0.1, 0.15) is 0 Å². The minimum Gasteiger partial charge on any atom is -0.310 e. The highest BCUT2D eigenvalue weighted by Gasteiger charge is 2.25. The van der Waals surface area contributed by atoms with Gasteiger partial charge in [0, 0.05) is 33.5 Å². The van der Waals surface area contributed by atoms with Crippen LogP contribution in [0.1, 0.15) is 16.5 Å². The Bertz CT molecular complexity index is 3840. The van der Waals surface area contributed by atoms with Gasteiger partial charge in [0.15, 0.2) is 0 Å². The molecule has 11 aromatic rings. The number of rotatable bonds is 6. The Kier molecular flexibility index (Phi) is 5.88. The van der Waals surface area contributed by atoms with E-state index in [0.29, 0.717) is 5.69 Å². The van der Waals surface area contributed by atoms with Gasteiger partial charge in [0.05, 0.1) is 22.0 Å². The van der Waals surface area contributed by atoms with Crippen LogP contribution in [-0.2, 0) is 0 Å². The molecule has 0 unspecified atom stereocenters. The van der Waals surface area contributed by atoms with Crippen molar-refractivity contribution >= 4 is 60.4 Å². The molecule has 10 aromatic carbocycles. The van der Waals surface area contributed by atoms with Crippen LogP contribution in [0.4, 0.5) is 17.1 Å². The average molecular weight is 759 g/mol. The van der Waals surface area contributed by atoms with Crippen molar-refractivity contribution in [2.75, 3.05) is 4.90 Å². The quantitative estimate of drug-likeness (QED) is 0.164. The normalized spacial score (nSPS) is 13.7. The maximum absolute atomic E-state index is 8.99. The van der Waals surface area contributed by atoms with E-state index in [2.05, 4.69) is 145 Å². The largest absolute Gasteiger partial charge is 0.310 e. The van der Waals surface area contributed by atoms with Gasteiger partial charge in [-0.2, -0.15) is 0 Å². The molecule has 0 aliphatic heterocycles. The molecule has 1 aliphatic carbocycles. The van der Waals surface area contributed by atoms with Crippen LogP contribution in [0.15, 0.2) is 212 Å². The summed E-state index contributed by atoms with van der Waals surface area (Å²) in [6, 6.07) is 54.4. The first-order chi connectivity index (χ1) is 32.5. The number of benzene rings is 10. The van der Waals surface area contributed by atoms with Gasteiger partial charge in [-0.1, -0.05) is 133 Å². The fraction of sp³-hybridized carbons (Fsp3) is 0.0175. The molecule has 2 heteroatoms. The van der Waals surface area contributed by atoms with Gasteiger partial charge < -0.3 is 9.47 Å². The Morgan fingerprint density at radius 1 is 0.407 bits per heavy atom. The van der Waals surface area contributed by atoms with E-state index >= 15 is 0 Å². The minimum atomic E-state index is -0.461. The first-order valence-electron chi connectivity index (χ1n) is 23.8. The van der Waals surface area contributed by atoms with Gasteiger partial charge in [-0.25, -0.2) is 0 Å². The van der Waals surface area contributed by atoms with E-state index in [1.807, 2.05) is 30.3 Å². The molecule has 1 aliphatic rings. The molecule has 1 heterocycles. The molecule has 12 rings (SSSR count). The molecule has 1 aromatic heterocycles. The van der Waals surface area contributed by atoms with Gasteiger partial charge in [0.25, 0.3) is 0 Å². The third-order valence-corrected chi connectivity index (χ3v) is 11.8. The highest BCUT2D eigenvalue weighted by atomic mass is 15.1. The number of aromatic nitrogens is 1. The minimum absolute atomic E-state index is 0.0620. The Balaban J connectivity index is 1.00. The van der Waals surface area contributed by atoms with E-state index in [1.165, 1.54) is 0 Å². The fourth-order valence-corrected chi connectivity index (χ4v) is 8.90. The van der Waals surface area contributed by atoms with Gasteiger partial charge in [0.2, 0.25) is 0 Å². The lowest BCUT2D eigenvalue weighted by Gasteiger charge is -2.29. The summed E-state index contributed by atoms with van der Waals surface area (Å²) in [6.07, 6.45) is 0. The summed E-state index contributed by atoms with van der Waals surface area (Å²) in [7, 11) is 0. The zero-order valence-corrected chi connectivity index (χ0v) is 32.0. The molecule has 0 atom stereocenters. The van der Waals surface area contributed by atoms with Gasteiger partial charge >= 0.3 is 0 Å². The fourth-order valence-electron chi connectivity index (χ4n) is 8.90. The van der Waals surface area contributed by atoms with Crippen LogP contribution >= 0.6 is 0 Å². The predicted octanol–water partition coefficient (Wildman–Crippen LogP) is 15.8. The van der Waals surface area contributed by atoms with Crippen LogP contribution < -0.4 is 4.90 Å². The molecule has 0 saturated carbocycles. The summed E-state index contributed by atoms with van der Waals surface area (Å²) in [5, 5.41) is 4.18. The van der Waals surface area contributed by atoms with Crippen molar-refractivity contribution in [2.24, 2.45) is 0 Å². The average Bonchev–Trinajstić information content (AvgIpc) is 3.73. The highest BCUT2D eigenvalue weighted by molar-refractivity contribution is 6.13. The van der Waals surface area contributed by atoms with E-state index in [9.17, 15) is 0 Å². The highest BCUT2D eigenvalue weighted by Crippen LogP contribution is 2.51. The second kappa shape index (κ2) is 13.2. The molecule has 0 radical (unpaired) electrons. The number of anilines is 3.